The maximum Gasteiger partial charge on any atom is 0.243 e. The molecule has 0 saturated heterocycles. The lowest BCUT2D eigenvalue weighted by Gasteiger charge is -2.18. The predicted octanol–water partition coefficient (Wildman–Crippen LogP) is 5.06. The van der Waals surface area contributed by atoms with Crippen LogP contribution in [0.4, 0.5) is 0 Å². The summed E-state index contributed by atoms with van der Waals surface area (Å²) in [6, 6.07) is 12.0. The summed E-state index contributed by atoms with van der Waals surface area (Å²) in [6.07, 6.45) is 3.52. The fourth-order valence-corrected chi connectivity index (χ4v) is 4.89. The summed E-state index contributed by atoms with van der Waals surface area (Å²) in [4.78, 5) is 12.9. The van der Waals surface area contributed by atoms with Gasteiger partial charge >= 0.3 is 0 Å². The van der Waals surface area contributed by atoms with Gasteiger partial charge in [-0.25, -0.2) is 8.42 Å². The normalized spacial score (nSPS) is 12.3. The number of rotatable bonds is 6. The molecule has 0 radical (unpaired) electrons. The molecular formula is C22H22BrNO4S. The second-order valence-electron chi connectivity index (χ2n) is 6.55. The Morgan fingerprint density at radius 2 is 1.69 bits per heavy atom. The first-order chi connectivity index (χ1) is 13.8. The zero-order chi connectivity index (χ0) is 21.2. The van der Waals surface area contributed by atoms with Crippen LogP contribution in [0.1, 0.15) is 30.7 Å². The van der Waals surface area contributed by atoms with Gasteiger partial charge in [-0.1, -0.05) is 48.0 Å². The molecule has 0 N–H and O–H groups in total. The lowest BCUT2D eigenvalue weighted by Crippen LogP contribution is -2.30. The summed E-state index contributed by atoms with van der Waals surface area (Å²) < 4.78 is 33.3. The van der Waals surface area contributed by atoms with Crippen molar-refractivity contribution in [3.05, 3.63) is 74.0 Å². The highest BCUT2D eigenvalue weighted by molar-refractivity contribution is 9.10. The third-order valence-electron chi connectivity index (χ3n) is 4.77. The minimum Gasteiger partial charge on any atom is -0.456 e. The Balaban J connectivity index is 1.92. The Kier molecular flexibility index (Phi) is 6.41. The molecule has 7 heteroatoms. The molecule has 2 aromatic carbocycles. The summed E-state index contributed by atoms with van der Waals surface area (Å²) in [5.41, 5.74) is 1.77. The van der Waals surface area contributed by atoms with Crippen LogP contribution >= 0.6 is 15.9 Å². The maximum absolute atomic E-state index is 12.6. The number of benzene rings is 2. The highest BCUT2D eigenvalue weighted by atomic mass is 79.9. The van der Waals surface area contributed by atoms with E-state index in [0.29, 0.717) is 35.4 Å². The molecule has 3 aromatic rings. The van der Waals surface area contributed by atoms with E-state index in [1.165, 1.54) is 4.31 Å². The van der Waals surface area contributed by atoms with Gasteiger partial charge in [0, 0.05) is 23.1 Å². The Morgan fingerprint density at radius 1 is 1.03 bits per heavy atom. The Morgan fingerprint density at radius 3 is 2.31 bits per heavy atom. The van der Waals surface area contributed by atoms with Crippen LogP contribution in [-0.2, 0) is 10.0 Å². The monoisotopic (exact) mass is 475 g/mol. The summed E-state index contributed by atoms with van der Waals surface area (Å²) in [5, 5.41) is 0.528. The van der Waals surface area contributed by atoms with Gasteiger partial charge in [-0.3, -0.25) is 4.79 Å². The van der Waals surface area contributed by atoms with Crippen LogP contribution in [0, 0.1) is 6.92 Å². The molecule has 0 aliphatic rings. The van der Waals surface area contributed by atoms with Crippen molar-refractivity contribution >= 4 is 49.1 Å². The molecule has 1 aromatic heterocycles. The quantitative estimate of drug-likeness (QED) is 0.499. The van der Waals surface area contributed by atoms with Crippen molar-refractivity contribution in [3.8, 4) is 0 Å². The molecule has 0 bridgehead atoms. The maximum atomic E-state index is 12.6. The molecular weight excluding hydrogens is 454 g/mol. The zero-order valence-corrected chi connectivity index (χ0v) is 18.9. The topological polar surface area (TPSA) is 67.6 Å². The molecule has 0 fully saturated rings. The van der Waals surface area contributed by atoms with Crippen LogP contribution in [0.2, 0.25) is 0 Å². The lowest BCUT2D eigenvalue weighted by atomic mass is 10.1. The van der Waals surface area contributed by atoms with Gasteiger partial charge in [0.2, 0.25) is 10.0 Å². The van der Waals surface area contributed by atoms with Crippen LogP contribution in [0.3, 0.4) is 0 Å². The van der Waals surface area contributed by atoms with Gasteiger partial charge in [0.25, 0.3) is 0 Å². The molecule has 0 aliphatic heterocycles. The molecule has 0 aliphatic carbocycles. The molecule has 5 nitrogen and oxygen atoms in total. The van der Waals surface area contributed by atoms with Crippen molar-refractivity contribution in [3.63, 3.8) is 0 Å². The average molecular weight is 476 g/mol. The number of hydrogen-bond donors (Lipinski definition) is 0. The van der Waals surface area contributed by atoms with Gasteiger partial charge in [0.05, 0.1) is 10.3 Å². The van der Waals surface area contributed by atoms with E-state index < -0.39 is 10.0 Å². The third kappa shape index (κ3) is 4.37. The number of fused-ring (bicyclic) bond motifs is 1. The molecule has 0 amide bonds. The largest absolute Gasteiger partial charge is 0.456 e. The van der Waals surface area contributed by atoms with Gasteiger partial charge in [0.1, 0.15) is 11.3 Å². The van der Waals surface area contributed by atoms with Crippen molar-refractivity contribution in [1.82, 2.24) is 4.31 Å². The number of nitrogens with zero attached hydrogens (tertiary/aromatic N) is 1. The van der Waals surface area contributed by atoms with E-state index in [1.807, 2.05) is 19.9 Å². The van der Waals surface area contributed by atoms with Gasteiger partial charge < -0.3 is 4.42 Å². The SMILES string of the molecule is CCN(CC)S(=O)(=O)c1ccc(/C=C/c2oc3ccc(Br)cc3c(=O)c2C)cc1. The van der Waals surface area contributed by atoms with Crippen LogP contribution in [0.5, 0.6) is 0 Å². The summed E-state index contributed by atoms with van der Waals surface area (Å²) in [5.74, 6) is 0.477. The Labute approximate surface area is 178 Å². The zero-order valence-electron chi connectivity index (χ0n) is 16.5. The first-order valence-electron chi connectivity index (χ1n) is 9.29. The predicted molar refractivity (Wildman–Crippen MR) is 120 cm³/mol. The average Bonchev–Trinajstić information content (AvgIpc) is 2.71. The fraction of sp³-hybridized carbons (Fsp3) is 0.227. The summed E-state index contributed by atoms with van der Waals surface area (Å²) in [7, 11) is -3.48. The van der Waals surface area contributed by atoms with Gasteiger partial charge in [-0.2, -0.15) is 4.31 Å². The summed E-state index contributed by atoms with van der Waals surface area (Å²) in [6.45, 7) is 6.22. The standard InChI is InChI=1S/C22H22BrNO4S/c1-4-24(5-2)29(26,27)18-10-6-16(7-11-18)8-12-20-15(3)22(25)19-14-17(23)9-13-21(19)28-20/h6-14H,4-5H2,1-3H3/b12-8+. The van der Waals surface area contributed by atoms with E-state index in [0.717, 1.165) is 10.0 Å². The second-order valence-corrected chi connectivity index (χ2v) is 9.41. The highest BCUT2D eigenvalue weighted by Crippen LogP contribution is 2.22. The molecule has 1 heterocycles. The first kappa shape index (κ1) is 21.5. The van der Waals surface area contributed by atoms with E-state index in [2.05, 4.69) is 15.9 Å². The van der Waals surface area contributed by atoms with Crippen LogP contribution in [0.25, 0.3) is 23.1 Å². The highest BCUT2D eigenvalue weighted by Gasteiger charge is 2.20. The Bertz CT molecular complexity index is 1220. The molecule has 152 valence electrons. The smallest absolute Gasteiger partial charge is 0.243 e. The van der Waals surface area contributed by atoms with E-state index in [1.54, 1.807) is 55.5 Å². The van der Waals surface area contributed by atoms with Crippen LogP contribution < -0.4 is 5.43 Å². The molecule has 29 heavy (non-hydrogen) atoms. The molecule has 0 atom stereocenters. The van der Waals surface area contributed by atoms with E-state index >= 15 is 0 Å². The number of halogens is 1. The molecule has 0 saturated carbocycles. The summed E-state index contributed by atoms with van der Waals surface area (Å²) >= 11 is 3.37. The Hall–Kier alpha value is -2.22. The van der Waals surface area contributed by atoms with Crippen molar-refractivity contribution in [2.45, 2.75) is 25.7 Å². The number of sulfonamides is 1. The van der Waals surface area contributed by atoms with Crippen molar-refractivity contribution < 1.29 is 12.8 Å². The minimum absolute atomic E-state index is 0.0761. The van der Waals surface area contributed by atoms with Gasteiger partial charge in [-0.05, 0) is 48.9 Å². The van der Waals surface area contributed by atoms with Crippen molar-refractivity contribution in [1.29, 1.82) is 0 Å². The van der Waals surface area contributed by atoms with Gasteiger partial charge in [-0.15, -0.1) is 0 Å². The minimum atomic E-state index is -3.48. The molecule has 3 rings (SSSR count). The third-order valence-corrected chi connectivity index (χ3v) is 7.32. The molecule has 0 spiro atoms. The number of hydrogen-bond acceptors (Lipinski definition) is 4. The lowest BCUT2D eigenvalue weighted by molar-refractivity contribution is 0.445. The second kappa shape index (κ2) is 8.65. The van der Waals surface area contributed by atoms with Gasteiger partial charge in [0.15, 0.2) is 5.43 Å². The molecule has 0 unspecified atom stereocenters. The van der Waals surface area contributed by atoms with Crippen molar-refractivity contribution in [2.24, 2.45) is 0 Å². The fourth-order valence-electron chi connectivity index (χ4n) is 3.07. The van der Waals surface area contributed by atoms with E-state index in [4.69, 9.17) is 4.42 Å². The van der Waals surface area contributed by atoms with E-state index in [9.17, 15) is 13.2 Å². The van der Waals surface area contributed by atoms with Crippen LogP contribution in [-0.4, -0.2) is 25.8 Å². The van der Waals surface area contributed by atoms with E-state index in [-0.39, 0.29) is 10.3 Å². The first-order valence-corrected chi connectivity index (χ1v) is 11.5. The van der Waals surface area contributed by atoms with Crippen molar-refractivity contribution in [2.75, 3.05) is 13.1 Å². The van der Waals surface area contributed by atoms with Crippen LogP contribution in [0.15, 0.2) is 61.0 Å².